The first-order valence-electron chi connectivity index (χ1n) is 10.8. The smallest absolute Gasteiger partial charge is 0.261 e. The summed E-state index contributed by atoms with van der Waals surface area (Å²) in [6.07, 6.45) is 0.277. The zero-order chi connectivity index (χ0) is 24.5. The summed E-state index contributed by atoms with van der Waals surface area (Å²) in [5, 5.41) is 4.07. The predicted octanol–water partition coefficient (Wildman–Crippen LogP) is 6.63. The molecule has 2 atom stereocenters. The molecule has 1 aliphatic rings. The minimum Gasteiger partial charge on any atom is -0.378 e. The van der Waals surface area contributed by atoms with Crippen molar-refractivity contribution in [2.75, 3.05) is 16.6 Å². The highest BCUT2D eigenvalue weighted by Gasteiger charge is 2.30. The van der Waals surface area contributed by atoms with Crippen molar-refractivity contribution in [2.24, 2.45) is 0 Å². The molecule has 0 radical (unpaired) electrons. The fraction of sp³-hybridized carbons (Fsp3) is 0.240. The van der Waals surface area contributed by atoms with E-state index in [1.165, 1.54) is 12.1 Å². The van der Waals surface area contributed by atoms with Gasteiger partial charge in [-0.3, -0.25) is 9.52 Å². The van der Waals surface area contributed by atoms with Gasteiger partial charge in [-0.05, 0) is 61.9 Å². The molecule has 1 unspecified atom stereocenters. The van der Waals surface area contributed by atoms with E-state index in [2.05, 4.69) is 10.0 Å². The number of rotatable bonds is 7. The third kappa shape index (κ3) is 5.23. The number of sulfonamides is 1. The van der Waals surface area contributed by atoms with Crippen molar-refractivity contribution in [1.29, 1.82) is 0 Å². The van der Waals surface area contributed by atoms with E-state index in [4.69, 9.17) is 27.9 Å². The highest BCUT2D eigenvalue weighted by molar-refractivity contribution is 7.92. The number of hydrogen-bond donors (Lipinski definition) is 2. The molecular weight excluding hydrogens is 495 g/mol. The zero-order valence-corrected chi connectivity index (χ0v) is 21.0. The van der Waals surface area contributed by atoms with Gasteiger partial charge in [-0.2, -0.15) is 0 Å². The van der Waals surface area contributed by atoms with Crippen LogP contribution in [0.5, 0.6) is 0 Å². The molecule has 0 saturated heterocycles. The van der Waals surface area contributed by atoms with E-state index >= 15 is 0 Å². The Hall–Kier alpha value is -2.58. The van der Waals surface area contributed by atoms with Crippen LogP contribution in [-0.4, -0.2) is 20.8 Å². The van der Waals surface area contributed by atoms with Crippen LogP contribution in [0.1, 0.15) is 53.9 Å². The third-order valence-corrected chi connectivity index (χ3v) is 7.81. The summed E-state index contributed by atoms with van der Waals surface area (Å²) in [5.74, 6) is 0.00346. The molecule has 3 aromatic rings. The number of Topliss-reactive ketones (excluding diaryl/α,β-unsaturated/α-hetero) is 1. The Kier molecular flexibility index (Phi) is 7.19. The number of halogens is 2. The van der Waals surface area contributed by atoms with Gasteiger partial charge in [0.1, 0.15) is 0 Å². The fourth-order valence-electron chi connectivity index (χ4n) is 4.02. The average molecular weight is 519 g/mol. The second-order valence-electron chi connectivity index (χ2n) is 8.04. The summed E-state index contributed by atoms with van der Waals surface area (Å²) in [6.45, 7) is 3.92. The zero-order valence-electron chi connectivity index (χ0n) is 18.6. The maximum atomic E-state index is 13.1. The van der Waals surface area contributed by atoms with E-state index in [1.807, 2.05) is 25.1 Å². The van der Waals surface area contributed by atoms with Crippen LogP contribution in [0.2, 0.25) is 10.0 Å². The number of fused-ring (bicyclic) bond motifs is 1. The van der Waals surface area contributed by atoms with Gasteiger partial charge in [-0.15, -0.1) is 0 Å². The van der Waals surface area contributed by atoms with Crippen LogP contribution in [0.4, 0.5) is 11.4 Å². The summed E-state index contributed by atoms with van der Waals surface area (Å²) in [5.41, 5.74) is 3.49. The number of hydrogen-bond acceptors (Lipinski definition) is 5. The summed E-state index contributed by atoms with van der Waals surface area (Å²) in [6, 6.07) is 16.9. The number of nitrogens with one attached hydrogen (secondary N) is 2. The van der Waals surface area contributed by atoms with E-state index in [-0.39, 0.29) is 27.8 Å². The van der Waals surface area contributed by atoms with Crippen LogP contribution in [0, 0.1) is 0 Å². The van der Waals surface area contributed by atoms with Crippen LogP contribution < -0.4 is 10.0 Å². The third-order valence-electron chi connectivity index (χ3n) is 5.69. The summed E-state index contributed by atoms with van der Waals surface area (Å²) < 4.78 is 34.7. The quantitative estimate of drug-likeness (QED) is 0.342. The van der Waals surface area contributed by atoms with Gasteiger partial charge in [-0.25, -0.2) is 8.42 Å². The molecule has 1 aliphatic heterocycles. The van der Waals surface area contributed by atoms with Crippen LogP contribution in [0.25, 0.3) is 0 Å². The number of ketones is 1. The number of ether oxygens (including phenoxy) is 1. The van der Waals surface area contributed by atoms with Crippen molar-refractivity contribution >= 4 is 50.4 Å². The molecular formula is C25H24Cl2N2O4S. The lowest BCUT2D eigenvalue weighted by atomic mass is 9.90. The largest absolute Gasteiger partial charge is 0.378 e. The Morgan fingerprint density at radius 2 is 1.88 bits per heavy atom. The van der Waals surface area contributed by atoms with E-state index in [9.17, 15) is 13.2 Å². The van der Waals surface area contributed by atoms with Crippen LogP contribution in [-0.2, 0) is 14.8 Å². The average Bonchev–Trinajstić information content (AvgIpc) is 2.81. The van der Waals surface area contributed by atoms with Crippen molar-refractivity contribution in [2.45, 2.75) is 37.3 Å². The number of anilines is 2. The molecule has 0 fully saturated rings. The lowest BCUT2D eigenvalue weighted by Crippen LogP contribution is -2.24. The molecule has 2 N–H and O–H groups in total. The standard InChI is InChI=1S/C25H24Cl2N2O4S/c1-3-33-25-14-24(17-6-4-5-16(11-17)15(2)30)28-23-10-8-19(13-20(23)25)34(31,32)29-18-7-9-21(26)22(27)12-18/h4-13,24-25,28-29H,3,14H2,1-2H3/t24?,25-/m0/s1. The molecule has 0 bridgehead atoms. The summed E-state index contributed by atoms with van der Waals surface area (Å²) >= 11 is 11.9. The number of benzene rings is 3. The molecule has 0 aromatic heterocycles. The Balaban J connectivity index is 1.65. The van der Waals surface area contributed by atoms with Gasteiger partial charge in [0, 0.05) is 29.8 Å². The maximum absolute atomic E-state index is 13.1. The number of carbonyl (C=O) groups excluding carboxylic acids is 1. The second-order valence-corrected chi connectivity index (χ2v) is 10.5. The van der Waals surface area contributed by atoms with Gasteiger partial charge in [0.2, 0.25) is 0 Å². The summed E-state index contributed by atoms with van der Waals surface area (Å²) in [7, 11) is -3.87. The van der Waals surface area contributed by atoms with Crippen molar-refractivity contribution in [1.82, 2.24) is 0 Å². The first kappa shape index (κ1) is 24.5. The highest BCUT2D eigenvalue weighted by atomic mass is 35.5. The van der Waals surface area contributed by atoms with Crippen molar-refractivity contribution in [3.8, 4) is 0 Å². The highest BCUT2D eigenvalue weighted by Crippen LogP contribution is 2.42. The van der Waals surface area contributed by atoms with Gasteiger partial charge in [-0.1, -0.05) is 41.4 Å². The fourth-order valence-corrected chi connectivity index (χ4v) is 5.40. The van der Waals surface area contributed by atoms with Crippen molar-refractivity contribution in [3.63, 3.8) is 0 Å². The molecule has 0 saturated carbocycles. The van der Waals surface area contributed by atoms with Crippen LogP contribution >= 0.6 is 23.2 Å². The monoisotopic (exact) mass is 518 g/mol. The predicted molar refractivity (Wildman–Crippen MR) is 136 cm³/mol. The van der Waals surface area contributed by atoms with Gasteiger partial charge in [0.25, 0.3) is 10.0 Å². The lowest BCUT2D eigenvalue weighted by Gasteiger charge is -2.33. The van der Waals surface area contributed by atoms with E-state index < -0.39 is 10.0 Å². The Labute approximate surface area is 209 Å². The minimum absolute atomic E-state index is 0.00346. The van der Waals surface area contributed by atoms with E-state index in [0.29, 0.717) is 29.3 Å². The molecule has 4 rings (SSSR count). The topological polar surface area (TPSA) is 84.5 Å². The van der Waals surface area contributed by atoms with Gasteiger partial charge in [0.15, 0.2) is 5.78 Å². The molecule has 0 spiro atoms. The van der Waals surface area contributed by atoms with Crippen LogP contribution in [0.3, 0.4) is 0 Å². The Morgan fingerprint density at radius 1 is 1.09 bits per heavy atom. The summed E-state index contributed by atoms with van der Waals surface area (Å²) in [4.78, 5) is 11.9. The molecule has 34 heavy (non-hydrogen) atoms. The molecule has 178 valence electrons. The van der Waals surface area contributed by atoms with E-state index in [1.54, 1.807) is 37.3 Å². The first-order chi connectivity index (χ1) is 16.2. The minimum atomic E-state index is -3.87. The van der Waals surface area contributed by atoms with Crippen molar-refractivity contribution in [3.05, 3.63) is 87.4 Å². The normalized spacial score (nSPS) is 17.5. The molecule has 0 amide bonds. The second kappa shape index (κ2) is 9.96. The molecule has 6 nitrogen and oxygen atoms in total. The van der Waals surface area contributed by atoms with Gasteiger partial charge >= 0.3 is 0 Å². The molecule has 1 heterocycles. The molecule has 9 heteroatoms. The van der Waals surface area contributed by atoms with Gasteiger partial charge in [0.05, 0.1) is 32.8 Å². The maximum Gasteiger partial charge on any atom is 0.261 e. The Bertz CT molecular complexity index is 1340. The van der Waals surface area contributed by atoms with Gasteiger partial charge < -0.3 is 10.1 Å². The Morgan fingerprint density at radius 3 is 2.59 bits per heavy atom. The van der Waals surface area contributed by atoms with E-state index in [0.717, 1.165) is 16.8 Å². The lowest BCUT2D eigenvalue weighted by molar-refractivity contribution is 0.0497. The number of carbonyl (C=O) groups is 1. The molecule has 3 aromatic carbocycles. The van der Waals surface area contributed by atoms with Crippen molar-refractivity contribution < 1.29 is 17.9 Å². The molecule has 0 aliphatic carbocycles. The van der Waals surface area contributed by atoms with Crippen LogP contribution in [0.15, 0.2) is 65.6 Å². The first-order valence-corrected chi connectivity index (χ1v) is 13.0. The SMILES string of the molecule is CCO[C@H]1CC(c2cccc(C(C)=O)c2)Nc2ccc(S(=O)(=O)Nc3ccc(Cl)c(Cl)c3)cc21.